The number of benzene rings is 2. The van der Waals surface area contributed by atoms with Crippen molar-refractivity contribution in [2.24, 2.45) is 0 Å². The van der Waals surface area contributed by atoms with Gasteiger partial charge in [-0.05, 0) is 60.6 Å². The lowest BCUT2D eigenvalue weighted by Gasteiger charge is -2.48. The Hall–Kier alpha value is -1.80. The van der Waals surface area contributed by atoms with Gasteiger partial charge in [0.05, 0.1) is 11.9 Å². The topological polar surface area (TPSA) is 49.9 Å². The summed E-state index contributed by atoms with van der Waals surface area (Å²) in [6.07, 6.45) is 4.66. The molecule has 2 aliphatic rings. The van der Waals surface area contributed by atoms with E-state index >= 15 is 0 Å². The fraction of sp³-hybridized carbons (Fsp3) is 0.520. The number of halogens is 1. The Labute approximate surface area is 191 Å². The van der Waals surface area contributed by atoms with Crippen LogP contribution in [0.2, 0.25) is 0 Å². The molecule has 0 aromatic heterocycles. The molecule has 2 saturated heterocycles. The second kappa shape index (κ2) is 9.59. The number of hydrogen-bond acceptors (Lipinski definition) is 4. The van der Waals surface area contributed by atoms with Crippen molar-refractivity contribution in [1.29, 1.82) is 0 Å². The van der Waals surface area contributed by atoms with Gasteiger partial charge in [0.2, 0.25) is 10.0 Å². The Morgan fingerprint density at radius 3 is 2.47 bits per heavy atom. The highest BCUT2D eigenvalue weighted by atomic mass is 32.2. The van der Waals surface area contributed by atoms with E-state index in [-0.39, 0.29) is 17.5 Å². The largest absolute Gasteiger partial charge is 0.375 e. The second-order valence-electron chi connectivity index (χ2n) is 9.13. The maximum Gasteiger partial charge on any atom is 0.211 e. The van der Waals surface area contributed by atoms with Gasteiger partial charge in [0.25, 0.3) is 0 Å². The number of piperidine rings is 1. The third kappa shape index (κ3) is 5.39. The molecule has 0 N–H and O–H groups in total. The minimum atomic E-state index is -3.21. The molecule has 1 atom stereocenters. The number of nitrogens with zero attached hydrogens (tertiary/aromatic N) is 2. The first-order chi connectivity index (χ1) is 15.3. The summed E-state index contributed by atoms with van der Waals surface area (Å²) >= 11 is 0. The molecular formula is C25H33FN2O3S. The van der Waals surface area contributed by atoms with Gasteiger partial charge in [-0.2, -0.15) is 4.31 Å². The van der Waals surface area contributed by atoms with Crippen LogP contribution in [0.4, 0.5) is 4.39 Å². The average molecular weight is 461 g/mol. The molecule has 2 heterocycles. The Morgan fingerprint density at radius 2 is 1.81 bits per heavy atom. The van der Waals surface area contributed by atoms with E-state index in [0.717, 1.165) is 56.4 Å². The number of rotatable bonds is 6. The summed E-state index contributed by atoms with van der Waals surface area (Å²) in [6.45, 7) is 5.71. The van der Waals surface area contributed by atoms with E-state index in [4.69, 9.17) is 4.74 Å². The van der Waals surface area contributed by atoms with Gasteiger partial charge in [-0.25, -0.2) is 12.8 Å². The molecule has 0 radical (unpaired) electrons. The van der Waals surface area contributed by atoms with E-state index in [1.807, 2.05) is 25.1 Å². The van der Waals surface area contributed by atoms with Crippen LogP contribution in [-0.2, 0) is 21.3 Å². The fourth-order valence-electron chi connectivity index (χ4n) is 5.25. The lowest BCUT2D eigenvalue weighted by Crippen LogP contribution is -2.54. The molecule has 0 unspecified atom stereocenters. The minimum Gasteiger partial charge on any atom is -0.375 e. The maximum absolute atomic E-state index is 13.6. The van der Waals surface area contributed by atoms with Crippen LogP contribution in [0.3, 0.4) is 0 Å². The number of hydrogen-bond donors (Lipinski definition) is 0. The Bertz CT molecular complexity index is 1030. The molecule has 2 aromatic rings. The third-order valence-electron chi connectivity index (χ3n) is 6.87. The van der Waals surface area contributed by atoms with Crippen molar-refractivity contribution < 1.29 is 17.5 Å². The van der Waals surface area contributed by atoms with Crippen LogP contribution >= 0.6 is 0 Å². The molecule has 7 heteroatoms. The van der Waals surface area contributed by atoms with E-state index in [1.54, 1.807) is 16.4 Å². The van der Waals surface area contributed by atoms with Gasteiger partial charge in [0.15, 0.2) is 0 Å². The molecule has 32 heavy (non-hydrogen) atoms. The first-order valence-corrected chi connectivity index (χ1v) is 13.3. The monoisotopic (exact) mass is 460 g/mol. The summed E-state index contributed by atoms with van der Waals surface area (Å²) < 4.78 is 45.9. The highest BCUT2D eigenvalue weighted by molar-refractivity contribution is 7.88. The zero-order valence-electron chi connectivity index (χ0n) is 19.0. The molecule has 0 amide bonds. The molecule has 1 spiro atoms. The smallest absolute Gasteiger partial charge is 0.211 e. The van der Waals surface area contributed by atoms with Crippen molar-refractivity contribution in [2.45, 2.75) is 50.8 Å². The number of sulfonamides is 1. The lowest BCUT2D eigenvalue weighted by molar-refractivity contribution is -0.127. The first kappa shape index (κ1) is 23.4. The van der Waals surface area contributed by atoms with Gasteiger partial charge in [-0.3, -0.25) is 4.90 Å². The molecule has 2 fully saturated rings. The van der Waals surface area contributed by atoms with Crippen LogP contribution in [0, 0.1) is 5.82 Å². The number of likely N-dealkylation sites (tertiary alicyclic amines) is 1. The second-order valence-corrected chi connectivity index (χ2v) is 11.1. The normalized spacial score (nSPS) is 21.8. The summed E-state index contributed by atoms with van der Waals surface area (Å²) in [7, 11) is -3.21. The fourth-order valence-corrected chi connectivity index (χ4v) is 6.44. The number of ether oxygens (including phenoxy) is 1. The highest BCUT2D eigenvalue weighted by Crippen LogP contribution is 2.37. The molecule has 2 aliphatic heterocycles. The molecule has 2 aromatic carbocycles. The van der Waals surface area contributed by atoms with Crippen molar-refractivity contribution in [2.75, 3.05) is 32.5 Å². The zero-order chi connectivity index (χ0) is 22.8. The van der Waals surface area contributed by atoms with E-state index < -0.39 is 10.0 Å². The van der Waals surface area contributed by atoms with Crippen LogP contribution < -0.4 is 0 Å². The maximum atomic E-state index is 13.6. The Balaban J connectivity index is 1.38. The van der Waals surface area contributed by atoms with Gasteiger partial charge >= 0.3 is 0 Å². The van der Waals surface area contributed by atoms with Crippen molar-refractivity contribution >= 4 is 10.0 Å². The molecule has 5 nitrogen and oxygen atoms in total. The Morgan fingerprint density at radius 1 is 1.12 bits per heavy atom. The van der Waals surface area contributed by atoms with Crippen LogP contribution in [0.5, 0.6) is 0 Å². The average Bonchev–Trinajstić information content (AvgIpc) is 2.76. The molecule has 4 rings (SSSR count). The molecular weight excluding hydrogens is 427 g/mol. The molecule has 0 bridgehead atoms. The quantitative estimate of drug-likeness (QED) is 0.645. The first-order valence-electron chi connectivity index (χ1n) is 11.5. The summed E-state index contributed by atoms with van der Waals surface area (Å²) in [4.78, 5) is 2.43. The lowest BCUT2D eigenvalue weighted by atomic mass is 9.82. The zero-order valence-corrected chi connectivity index (χ0v) is 19.8. The van der Waals surface area contributed by atoms with Gasteiger partial charge < -0.3 is 4.74 Å². The summed E-state index contributed by atoms with van der Waals surface area (Å²) in [6, 6.07) is 15.0. The molecule has 174 valence electrons. The van der Waals surface area contributed by atoms with Crippen LogP contribution in [0.25, 0.3) is 11.1 Å². The van der Waals surface area contributed by atoms with Gasteiger partial charge in [-0.1, -0.05) is 37.3 Å². The van der Waals surface area contributed by atoms with Gasteiger partial charge in [0, 0.05) is 38.8 Å². The molecule has 0 aliphatic carbocycles. The third-order valence-corrected chi connectivity index (χ3v) is 8.28. The van der Waals surface area contributed by atoms with E-state index in [9.17, 15) is 12.8 Å². The Kier molecular flexibility index (Phi) is 7.00. The van der Waals surface area contributed by atoms with Crippen molar-refractivity contribution in [3.63, 3.8) is 0 Å². The van der Waals surface area contributed by atoms with E-state index in [1.165, 1.54) is 17.9 Å². The van der Waals surface area contributed by atoms with Gasteiger partial charge in [-0.15, -0.1) is 0 Å². The van der Waals surface area contributed by atoms with E-state index in [0.29, 0.717) is 13.2 Å². The van der Waals surface area contributed by atoms with Crippen molar-refractivity contribution in [3.8, 4) is 11.1 Å². The standard InChI is InChI=1S/C25H33FN2O3S/c1-3-28(32(2,29)30)24-10-15-31-25(18-24)11-13-27(14-12-25)19-20-6-4-7-21(16-20)22-8-5-9-23(26)17-22/h4-9,16-17,24H,3,10-15,18-19H2,1-2H3/t24-/m1/s1. The minimum absolute atomic E-state index is 0.0262. The SMILES string of the molecule is CCN([C@@H]1CCOC2(CCN(Cc3cccc(-c4cccc(F)c4)c3)CC2)C1)S(C)(=O)=O. The van der Waals surface area contributed by atoms with Gasteiger partial charge in [0.1, 0.15) is 5.82 Å². The molecule has 0 saturated carbocycles. The summed E-state index contributed by atoms with van der Waals surface area (Å²) in [5, 5.41) is 0. The van der Waals surface area contributed by atoms with Crippen LogP contribution in [-0.4, -0.2) is 61.8 Å². The van der Waals surface area contributed by atoms with Crippen LogP contribution in [0.15, 0.2) is 48.5 Å². The van der Waals surface area contributed by atoms with Crippen LogP contribution in [0.1, 0.15) is 38.2 Å². The highest BCUT2D eigenvalue weighted by Gasteiger charge is 2.43. The van der Waals surface area contributed by atoms with Crippen molar-refractivity contribution in [3.05, 3.63) is 59.9 Å². The van der Waals surface area contributed by atoms with E-state index in [2.05, 4.69) is 17.0 Å². The predicted octanol–water partition coefficient (Wildman–Crippen LogP) is 4.29. The summed E-state index contributed by atoms with van der Waals surface area (Å²) in [5.41, 5.74) is 2.90. The predicted molar refractivity (Wildman–Crippen MR) is 125 cm³/mol. The summed E-state index contributed by atoms with van der Waals surface area (Å²) in [5.74, 6) is -0.225. The van der Waals surface area contributed by atoms with Crippen molar-refractivity contribution in [1.82, 2.24) is 9.21 Å².